The molecule has 0 aliphatic heterocycles. The van der Waals surface area contributed by atoms with Gasteiger partial charge in [0.25, 0.3) is 5.91 Å². The fraction of sp³-hybridized carbons (Fsp3) is 0.0455. The molecule has 0 radical (unpaired) electrons. The Kier molecular flexibility index (Phi) is 6.21. The Morgan fingerprint density at radius 2 is 1.65 bits per heavy atom. The Bertz CT molecular complexity index is 1290. The van der Waals surface area contributed by atoms with Crippen LogP contribution in [-0.2, 0) is 0 Å². The summed E-state index contributed by atoms with van der Waals surface area (Å²) in [6, 6.07) is 17.4. The van der Waals surface area contributed by atoms with E-state index in [0.717, 1.165) is 11.1 Å². The topological polar surface area (TPSA) is 59.8 Å². The first kappa shape index (κ1) is 21.7. The third-order valence-electron chi connectivity index (χ3n) is 4.56. The normalized spacial score (nSPS) is 10.9. The van der Waals surface area contributed by atoms with E-state index in [1.54, 1.807) is 41.1 Å². The number of anilines is 1. The fourth-order valence-electron chi connectivity index (χ4n) is 2.95. The van der Waals surface area contributed by atoms with Crippen LogP contribution in [-0.4, -0.2) is 20.7 Å². The van der Waals surface area contributed by atoms with E-state index in [9.17, 15) is 4.79 Å². The lowest BCUT2D eigenvalue weighted by Gasteiger charge is -2.10. The second-order valence-corrected chi connectivity index (χ2v) is 8.30. The molecule has 0 saturated carbocycles. The molecule has 0 saturated heterocycles. The summed E-state index contributed by atoms with van der Waals surface area (Å²) >= 11 is 24.3. The van der Waals surface area contributed by atoms with Crippen LogP contribution in [0.4, 0.5) is 5.69 Å². The maximum Gasteiger partial charge on any atom is 0.295 e. The van der Waals surface area contributed by atoms with Crippen molar-refractivity contribution in [3.8, 4) is 17.1 Å². The van der Waals surface area contributed by atoms with E-state index in [2.05, 4.69) is 15.4 Å². The molecule has 31 heavy (non-hydrogen) atoms. The Balaban J connectivity index is 1.79. The maximum atomic E-state index is 12.9. The number of nitrogens with one attached hydrogen (secondary N) is 1. The van der Waals surface area contributed by atoms with Gasteiger partial charge in [0.15, 0.2) is 5.82 Å². The highest BCUT2D eigenvalue weighted by molar-refractivity contribution is 6.42. The Morgan fingerprint density at radius 3 is 2.35 bits per heavy atom. The van der Waals surface area contributed by atoms with Crippen molar-refractivity contribution in [2.75, 3.05) is 5.32 Å². The third-order valence-corrected chi connectivity index (χ3v) is 5.96. The molecule has 4 rings (SSSR count). The minimum Gasteiger partial charge on any atom is -0.319 e. The largest absolute Gasteiger partial charge is 0.319 e. The lowest BCUT2D eigenvalue weighted by atomic mass is 10.1. The van der Waals surface area contributed by atoms with Crippen molar-refractivity contribution >= 4 is 58.0 Å². The van der Waals surface area contributed by atoms with Crippen molar-refractivity contribution in [3.05, 3.63) is 92.1 Å². The van der Waals surface area contributed by atoms with Gasteiger partial charge in [-0.15, -0.1) is 5.10 Å². The number of rotatable bonds is 4. The van der Waals surface area contributed by atoms with Crippen LogP contribution < -0.4 is 5.32 Å². The molecule has 1 N–H and O–H groups in total. The zero-order chi connectivity index (χ0) is 22.1. The lowest BCUT2D eigenvalue weighted by Crippen LogP contribution is -2.14. The van der Waals surface area contributed by atoms with Crippen LogP contribution in [0.2, 0.25) is 20.1 Å². The average molecular weight is 492 g/mol. The number of amides is 1. The highest BCUT2D eigenvalue weighted by atomic mass is 35.5. The van der Waals surface area contributed by atoms with Gasteiger partial charge in [-0.3, -0.25) is 4.79 Å². The standard InChI is InChI=1S/C22H14Cl4N4O/c1-12-16(24)3-2-4-19(12)30-21(13-5-7-14(23)8-6-13)28-20(29-30)22(31)27-15-9-10-17(25)18(26)11-15/h2-11H,1H3,(H,27,31). The van der Waals surface area contributed by atoms with Crippen LogP contribution in [0.3, 0.4) is 0 Å². The van der Waals surface area contributed by atoms with Crippen LogP contribution >= 0.6 is 46.4 Å². The van der Waals surface area contributed by atoms with E-state index in [0.29, 0.717) is 37.3 Å². The number of hydrogen-bond acceptors (Lipinski definition) is 3. The van der Waals surface area contributed by atoms with E-state index in [4.69, 9.17) is 46.4 Å². The van der Waals surface area contributed by atoms with Crippen LogP contribution in [0.25, 0.3) is 17.1 Å². The molecule has 0 bridgehead atoms. The molecule has 9 heteroatoms. The molecule has 3 aromatic carbocycles. The number of aromatic nitrogens is 3. The Labute approximate surface area is 198 Å². The SMILES string of the molecule is Cc1c(Cl)cccc1-n1nc(C(=O)Nc2ccc(Cl)c(Cl)c2)nc1-c1ccc(Cl)cc1. The van der Waals surface area contributed by atoms with Gasteiger partial charge >= 0.3 is 0 Å². The van der Waals surface area contributed by atoms with Crippen molar-refractivity contribution in [1.29, 1.82) is 0 Å². The summed E-state index contributed by atoms with van der Waals surface area (Å²) in [6.07, 6.45) is 0. The number of carbonyl (C=O) groups excluding carboxylic acids is 1. The van der Waals surface area contributed by atoms with Gasteiger partial charge in [-0.2, -0.15) is 0 Å². The third kappa shape index (κ3) is 4.55. The number of hydrogen-bond donors (Lipinski definition) is 1. The van der Waals surface area contributed by atoms with Gasteiger partial charge in [-0.05, 0) is 67.1 Å². The van der Waals surface area contributed by atoms with Gasteiger partial charge in [0, 0.05) is 21.3 Å². The first-order valence-corrected chi connectivity index (χ1v) is 10.6. The predicted molar refractivity (Wildman–Crippen MR) is 126 cm³/mol. The van der Waals surface area contributed by atoms with Crippen molar-refractivity contribution in [2.45, 2.75) is 6.92 Å². The van der Waals surface area contributed by atoms with E-state index in [1.165, 1.54) is 0 Å². The summed E-state index contributed by atoms with van der Waals surface area (Å²) in [4.78, 5) is 17.4. The van der Waals surface area contributed by atoms with Gasteiger partial charge in [-0.1, -0.05) is 52.5 Å². The predicted octanol–water partition coefficient (Wildman–Crippen LogP) is 7.11. The van der Waals surface area contributed by atoms with Gasteiger partial charge in [0.2, 0.25) is 5.82 Å². The van der Waals surface area contributed by atoms with E-state index >= 15 is 0 Å². The smallest absolute Gasteiger partial charge is 0.295 e. The Morgan fingerprint density at radius 1 is 0.903 bits per heavy atom. The molecule has 156 valence electrons. The molecule has 0 atom stereocenters. The monoisotopic (exact) mass is 490 g/mol. The number of halogens is 4. The van der Waals surface area contributed by atoms with Crippen LogP contribution in [0.5, 0.6) is 0 Å². The minimum atomic E-state index is -0.493. The summed E-state index contributed by atoms with van der Waals surface area (Å²) in [5.41, 5.74) is 2.73. The zero-order valence-electron chi connectivity index (χ0n) is 16.0. The van der Waals surface area contributed by atoms with Gasteiger partial charge in [0.05, 0.1) is 15.7 Å². The molecule has 5 nitrogen and oxygen atoms in total. The second-order valence-electron chi connectivity index (χ2n) is 6.64. The fourth-order valence-corrected chi connectivity index (χ4v) is 3.54. The number of nitrogens with zero attached hydrogens (tertiary/aromatic N) is 3. The molecule has 0 spiro atoms. The molecule has 0 aliphatic carbocycles. The van der Waals surface area contributed by atoms with Crippen molar-refractivity contribution in [1.82, 2.24) is 14.8 Å². The molecule has 1 heterocycles. The quantitative estimate of drug-likeness (QED) is 0.331. The van der Waals surface area contributed by atoms with Gasteiger partial charge < -0.3 is 5.32 Å². The Hall–Kier alpha value is -2.57. The maximum absolute atomic E-state index is 12.9. The summed E-state index contributed by atoms with van der Waals surface area (Å²) in [5, 5.41) is 9.09. The van der Waals surface area contributed by atoms with Crippen LogP contribution in [0.1, 0.15) is 16.2 Å². The summed E-state index contributed by atoms with van der Waals surface area (Å²) < 4.78 is 1.59. The van der Waals surface area contributed by atoms with Crippen molar-refractivity contribution in [3.63, 3.8) is 0 Å². The molecular weight excluding hydrogens is 478 g/mol. The molecule has 1 amide bonds. The molecule has 1 aromatic heterocycles. The zero-order valence-corrected chi connectivity index (χ0v) is 19.1. The van der Waals surface area contributed by atoms with Crippen LogP contribution in [0.15, 0.2) is 60.7 Å². The molecule has 0 aliphatic rings. The van der Waals surface area contributed by atoms with Crippen LogP contribution in [0, 0.1) is 6.92 Å². The number of benzene rings is 3. The van der Waals surface area contributed by atoms with E-state index < -0.39 is 5.91 Å². The summed E-state index contributed by atoms with van der Waals surface area (Å²) in [7, 11) is 0. The second kappa shape index (κ2) is 8.89. The summed E-state index contributed by atoms with van der Waals surface area (Å²) in [6.45, 7) is 1.88. The van der Waals surface area contributed by atoms with Gasteiger partial charge in [-0.25, -0.2) is 9.67 Å². The molecule has 4 aromatic rings. The molecule has 0 unspecified atom stereocenters. The number of carbonyl (C=O) groups is 1. The average Bonchev–Trinajstić information content (AvgIpc) is 3.18. The van der Waals surface area contributed by atoms with E-state index in [1.807, 2.05) is 31.2 Å². The first-order valence-electron chi connectivity index (χ1n) is 9.08. The van der Waals surface area contributed by atoms with E-state index in [-0.39, 0.29) is 5.82 Å². The summed E-state index contributed by atoms with van der Waals surface area (Å²) in [5.74, 6) is -0.0382. The minimum absolute atomic E-state index is 0.0182. The first-order chi connectivity index (χ1) is 14.8. The highest BCUT2D eigenvalue weighted by Gasteiger charge is 2.20. The van der Waals surface area contributed by atoms with Crippen molar-refractivity contribution < 1.29 is 4.79 Å². The molecular formula is C22H14Cl4N4O. The highest BCUT2D eigenvalue weighted by Crippen LogP contribution is 2.28. The lowest BCUT2D eigenvalue weighted by molar-refractivity contribution is 0.101. The van der Waals surface area contributed by atoms with Gasteiger partial charge in [0.1, 0.15) is 0 Å². The van der Waals surface area contributed by atoms with Crippen molar-refractivity contribution in [2.24, 2.45) is 0 Å². The molecule has 0 fully saturated rings.